The molecule has 5 nitrogen and oxygen atoms in total. The number of halogens is 1. The molecule has 22 heavy (non-hydrogen) atoms. The lowest BCUT2D eigenvalue weighted by Gasteiger charge is -2.32. The van der Waals surface area contributed by atoms with Crippen LogP contribution in [-0.2, 0) is 9.84 Å². The molecule has 0 spiro atoms. The SMILES string of the molecule is CS(=O)(=O)c1cccc(C(=O)N2CCCC(CCN)C2)c1.Cl. The zero-order valence-corrected chi connectivity index (χ0v) is 14.3. The molecule has 0 bridgehead atoms. The molecule has 1 saturated heterocycles. The van der Waals surface area contributed by atoms with Gasteiger partial charge >= 0.3 is 0 Å². The Morgan fingerprint density at radius 2 is 2.14 bits per heavy atom. The molecule has 1 amide bonds. The summed E-state index contributed by atoms with van der Waals surface area (Å²) in [6.07, 6.45) is 4.15. The van der Waals surface area contributed by atoms with Crippen molar-refractivity contribution in [3.8, 4) is 0 Å². The van der Waals surface area contributed by atoms with Crippen molar-refractivity contribution in [1.29, 1.82) is 0 Å². The van der Waals surface area contributed by atoms with Crippen LogP contribution in [0.1, 0.15) is 29.6 Å². The fourth-order valence-corrected chi connectivity index (χ4v) is 3.43. The number of piperidine rings is 1. The summed E-state index contributed by atoms with van der Waals surface area (Å²) in [6.45, 7) is 2.07. The molecule has 0 saturated carbocycles. The van der Waals surface area contributed by atoms with Crippen molar-refractivity contribution in [2.45, 2.75) is 24.2 Å². The Morgan fingerprint density at radius 3 is 2.77 bits per heavy atom. The van der Waals surface area contributed by atoms with Crippen LogP contribution in [-0.4, -0.2) is 45.1 Å². The van der Waals surface area contributed by atoms with Crippen molar-refractivity contribution in [1.82, 2.24) is 4.90 Å². The molecular formula is C15H23ClN2O3S. The van der Waals surface area contributed by atoms with E-state index in [1.807, 2.05) is 4.90 Å². The number of carbonyl (C=O) groups excluding carboxylic acids is 1. The fraction of sp³-hybridized carbons (Fsp3) is 0.533. The third kappa shape index (κ3) is 4.69. The van der Waals surface area contributed by atoms with Crippen LogP contribution in [0, 0.1) is 5.92 Å². The van der Waals surface area contributed by atoms with Gasteiger partial charge in [-0.3, -0.25) is 4.79 Å². The molecule has 1 unspecified atom stereocenters. The molecule has 1 aliphatic heterocycles. The van der Waals surface area contributed by atoms with Crippen LogP contribution in [0.15, 0.2) is 29.2 Å². The standard InChI is InChI=1S/C15H22N2O3S.ClH/c1-21(19,20)14-6-2-5-13(10-14)15(18)17-9-3-4-12(11-17)7-8-16;/h2,5-6,10,12H,3-4,7-9,11,16H2,1H3;1H. The van der Waals surface area contributed by atoms with Crippen molar-refractivity contribution >= 4 is 28.2 Å². The first-order chi connectivity index (χ1) is 9.91. The quantitative estimate of drug-likeness (QED) is 0.900. The molecule has 0 aromatic heterocycles. The number of rotatable bonds is 4. The Hall–Kier alpha value is -1.11. The maximum Gasteiger partial charge on any atom is 0.253 e. The second-order valence-corrected chi connectivity index (χ2v) is 7.65. The van der Waals surface area contributed by atoms with E-state index < -0.39 is 9.84 Å². The molecule has 1 atom stereocenters. The predicted octanol–water partition coefficient (Wildman–Crippen LogP) is 1.71. The van der Waals surface area contributed by atoms with Gasteiger partial charge in [0.25, 0.3) is 5.91 Å². The number of likely N-dealkylation sites (tertiary alicyclic amines) is 1. The summed E-state index contributed by atoms with van der Waals surface area (Å²) in [6, 6.07) is 6.26. The second kappa shape index (κ2) is 7.94. The smallest absolute Gasteiger partial charge is 0.253 e. The lowest BCUT2D eigenvalue weighted by molar-refractivity contribution is 0.0669. The first-order valence-electron chi connectivity index (χ1n) is 7.21. The third-order valence-corrected chi connectivity index (χ3v) is 5.00. The van der Waals surface area contributed by atoms with Gasteiger partial charge in [-0.05, 0) is 49.9 Å². The number of amides is 1. The highest BCUT2D eigenvalue weighted by Gasteiger charge is 2.24. The topological polar surface area (TPSA) is 80.5 Å². The molecule has 2 N–H and O–H groups in total. The van der Waals surface area contributed by atoms with E-state index in [0.29, 0.717) is 24.6 Å². The highest BCUT2D eigenvalue weighted by molar-refractivity contribution is 7.90. The fourth-order valence-electron chi connectivity index (χ4n) is 2.76. The van der Waals surface area contributed by atoms with E-state index in [9.17, 15) is 13.2 Å². The molecular weight excluding hydrogens is 324 g/mol. The first-order valence-corrected chi connectivity index (χ1v) is 9.10. The minimum atomic E-state index is -3.30. The van der Waals surface area contributed by atoms with Crippen LogP contribution in [0.4, 0.5) is 0 Å². The van der Waals surface area contributed by atoms with E-state index in [2.05, 4.69) is 0 Å². The van der Waals surface area contributed by atoms with E-state index in [-0.39, 0.29) is 23.2 Å². The van der Waals surface area contributed by atoms with E-state index in [1.165, 1.54) is 12.1 Å². The van der Waals surface area contributed by atoms with Crippen LogP contribution < -0.4 is 5.73 Å². The normalized spacial score (nSPS) is 18.6. The summed E-state index contributed by atoms with van der Waals surface area (Å²) < 4.78 is 23.2. The minimum absolute atomic E-state index is 0. The number of nitrogens with two attached hydrogens (primary N) is 1. The summed E-state index contributed by atoms with van der Waals surface area (Å²) in [5, 5.41) is 0. The largest absolute Gasteiger partial charge is 0.338 e. The number of benzene rings is 1. The van der Waals surface area contributed by atoms with Gasteiger partial charge < -0.3 is 10.6 Å². The van der Waals surface area contributed by atoms with Crippen molar-refractivity contribution in [3.05, 3.63) is 29.8 Å². The molecule has 1 aromatic carbocycles. The molecule has 0 radical (unpaired) electrons. The van der Waals surface area contributed by atoms with Crippen molar-refractivity contribution in [2.24, 2.45) is 11.7 Å². The van der Waals surface area contributed by atoms with Gasteiger partial charge in [-0.1, -0.05) is 6.07 Å². The van der Waals surface area contributed by atoms with Gasteiger partial charge in [0.05, 0.1) is 4.90 Å². The number of sulfone groups is 1. The van der Waals surface area contributed by atoms with Gasteiger partial charge in [-0.25, -0.2) is 8.42 Å². The van der Waals surface area contributed by atoms with E-state index in [0.717, 1.165) is 32.1 Å². The molecule has 1 aromatic rings. The van der Waals surface area contributed by atoms with Crippen molar-refractivity contribution < 1.29 is 13.2 Å². The van der Waals surface area contributed by atoms with Gasteiger partial charge in [0, 0.05) is 24.9 Å². The van der Waals surface area contributed by atoms with Gasteiger partial charge in [0.2, 0.25) is 0 Å². The van der Waals surface area contributed by atoms with Gasteiger partial charge in [0.1, 0.15) is 0 Å². The lowest BCUT2D eigenvalue weighted by atomic mass is 9.94. The molecule has 1 heterocycles. The first kappa shape index (κ1) is 18.9. The van der Waals surface area contributed by atoms with Crippen LogP contribution in [0.25, 0.3) is 0 Å². The monoisotopic (exact) mass is 346 g/mol. The predicted molar refractivity (Wildman–Crippen MR) is 89.1 cm³/mol. The van der Waals surface area contributed by atoms with Gasteiger partial charge in [-0.2, -0.15) is 0 Å². The Morgan fingerprint density at radius 1 is 1.41 bits per heavy atom. The Labute approximate surface area is 138 Å². The van der Waals surface area contributed by atoms with Crippen LogP contribution in [0.5, 0.6) is 0 Å². The number of hydrogen-bond donors (Lipinski definition) is 1. The van der Waals surface area contributed by atoms with E-state index >= 15 is 0 Å². The molecule has 124 valence electrons. The molecule has 2 rings (SSSR count). The van der Waals surface area contributed by atoms with Crippen LogP contribution in [0.2, 0.25) is 0 Å². The average molecular weight is 347 g/mol. The summed E-state index contributed by atoms with van der Waals surface area (Å²) in [4.78, 5) is 14.5. The van der Waals surface area contributed by atoms with Gasteiger partial charge in [0.15, 0.2) is 9.84 Å². The summed E-state index contributed by atoms with van der Waals surface area (Å²) in [7, 11) is -3.30. The minimum Gasteiger partial charge on any atom is -0.338 e. The zero-order chi connectivity index (χ0) is 15.5. The maximum atomic E-state index is 12.5. The number of hydrogen-bond acceptors (Lipinski definition) is 4. The van der Waals surface area contributed by atoms with Crippen molar-refractivity contribution in [2.75, 3.05) is 25.9 Å². The van der Waals surface area contributed by atoms with E-state index in [4.69, 9.17) is 5.73 Å². The highest BCUT2D eigenvalue weighted by atomic mass is 35.5. The average Bonchev–Trinajstić information content (AvgIpc) is 2.46. The lowest BCUT2D eigenvalue weighted by Crippen LogP contribution is -2.40. The van der Waals surface area contributed by atoms with E-state index in [1.54, 1.807) is 12.1 Å². The van der Waals surface area contributed by atoms with Crippen LogP contribution >= 0.6 is 12.4 Å². The third-order valence-electron chi connectivity index (χ3n) is 3.89. The summed E-state index contributed by atoms with van der Waals surface area (Å²) in [5.41, 5.74) is 6.03. The summed E-state index contributed by atoms with van der Waals surface area (Å²) in [5.74, 6) is 0.355. The van der Waals surface area contributed by atoms with Crippen molar-refractivity contribution in [3.63, 3.8) is 0 Å². The zero-order valence-electron chi connectivity index (χ0n) is 12.7. The second-order valence-electron chi connectivity index (χ2n) is 5.64. The maximum absolute atomic E-state index is 12.5. The summed E-state index contributed by atoms with van der Waals surface area (Å²) >= 11 is 0. The number of nitrogens with zero attached hydrogens (tertiary/aromatic N) is 1. The molecule has 1 aliphatic rings. The van der Waals surface area contributed by atoms with Gasteiger partial charge in [-0.15, -0.1) is 12.4 Å². The molecule has 7 heteroatoms. The molecule has 0 aliphatic carbocycles. The molecule has 1 fully saturated rings. The number of carbonyl (C=O) groups is 1. The Bertz CT molecular complexity index is 617. The Kier molecular flexibility index (Phi) is 6.84. The van der Waals surface area contributed by atoms with Crippen LogP contribution in [0.3, 0.4) is 0 Å². The Balaban J connectivity index is 0.00000242. The highest BCUT2D eigenvalue weighted by Crippen LogP contribution is 2.21.